The van der Waals surface area contributed by atoms with Crippen LogP contribution in [0.4, 0.5) is 0 Å². The van der Waals surface area contributed by atoms with Gasteiger partial charge in [-0.25, -0.2) is 4.98 Å². The normalized spacial score (nSPS) is 11.9. The fourth-order valence-electron chi connectivity index (χ4n) is 3.77. The summed E-state index contributed by atoms with van der Waals surface area (Å²) in [6.07, 6.45) is 1.64. The van der Waals surface area contributed by atoms with E-state index in [9.17, 15) is 4.79 Å². The second-order valence-electron chi connectivity index (χ2n) is 9.75. The first-order valence-corrected chi connectivity index (χ1v) is 13.6. The summed E-state index contributed by atoms with van der Waals surface area (Å²) in [5.41, 5.74) is 3.03. The molecule has 4 aromatic rings. The van der Waals surface area contributed by atoms with E-state index in [2.05, 4.69) is 56.0 Å². The number of aromatic nitrogens is 2. The van der Waals surface area contributed by atoms with Gasteiger partial charge in [-0.3, -0.25) is 4.79 Å². The second-order valence-corrected chi connectivity index (χ2v) is 11.5. The van der Waals surface area contributed by atoms with Crippen LogP contribution in [0, 0.1) is 6.92 Å². The minimum atomic E-state index is -0.400. The first-order valence-electron chi connectivity index (χ1n) is 12.0. The van der Waals surface area contributed by atoms with E-state index in [-0.39, 0.29) is 5.56 Å². The highest BCUT2D eigenvalue weighted by molar-refractivity contribution is 9.10. The molecule has 3 aromatic carbocycles. The Morgan fingerprint density at radius 1 is 1.03 bits per heavy atom. The van der Waals surface area contributed by atoms with Crippen LogP contribution in [-0.2, 0) is 12.0 Å². The molecule has 4 rings (SSSR count). The summed E-state index contributed by atoms with van der Waals surface area (Å²) in [7, 11) is 0. The van der Waals surface area contributed by atoms with Gasteiger partial charge < -0.3 is 9.47 Å². The summed E-state index contributed by atoms with van der Waals surface area (Å²) in [5, 5.41) is 5.08. The van der Waals surface area contributed by atoms with Gasteiger partial charge in [-0.2, -0.15) is 9.78 Å². The Bertz CT molecular complexity index is 1520. The molecule has 0 fully saturated rings. The maximum Gasteiger partial charge on any atom is 0.282 e. The molecule has 0 aliphatic rings. The van der Waals surface area contributed by atoms with Gasteiger partial charge in [0.1, 0.15) is 12.4 Å². The maximum atomic E-state index is 13.4. The quantitative estimate of drug-likeness (QED) is 0.201. The van der Waals surface area contributed by atoms with Crippen molar-refractivity contribution >= 4 is 49.0 Å². The minimum absolute atomic E-state index is 0.227. The summed E-state index contributed by atoms with van der Waals surface area (Å²) in [6.45, 7) is 10.9. The summed E-state index contributed by atoms with van der Waals surface area (Å²) in [5.74, 6) is 1.78. The van der Waals surface area contributed by atoms with Gasteiger partial charge in [0.15, 0.2) is 11.5 Å². The average Bonchev–Trinajstić information content (AvgIpc) is 2.84. The Kier molecular flexibility index (Phi) is 8.19. The zero-order valence-corrected chi connectivity index (χ0v) is 24.7. The Labute approximate surface area is 233 Å². The van der Waals surface area contributed by atoms with Gasteiger partial charge in [0.05, 0.1) is 28.2 Å². The Morgan fingerprint density at radius 3 is 2.43 bits per heavy atom. The van der Waals surface area contributed by atoms with E-state index in [1.807, 2.05) is 64.1 Å². The fraction of sp³-hybridized carbons (Fsp3) is 0.276. The number of halogens is 2. The standard InChI is InChI=1S/C29H29Br2N3O3/c1-6-36-25-14-20(13-23(31)26(25)37-17-19-9-7-18(2)8-10-19)16-32-34-27(35)22-15-21(30)11-12-24(22)33-28(34)29(3,4)5/h7-16H,6,17H2,1-5H3. The molecule has 0 saturated heterocycles. The molecule has 8 heteroatoms. The van der Waals surface area contributed by atoms with Gasteiger partial charge in [-0.05, 0) is 71.2 Å². The van der Waals surface area contributed by atoms with Crippen LogP contribution in [0.1, 0.15) is 50.2 Å². The highest BCUT2D eigenvalue weighted by atomic mass is 79.9. The molecule has 0 spiro atoms. The minimum Gasteiger partial charge on any atom is -0.490 e. The van der Waals surface area contributed by atoms with Crippen molar-refractivity contribution in [2.75, 3.05) is 6.61 Å². The predicted molar refractivity (Wildman–Crippen MR) is 156 cm³/mol. The molecule has 0 unspecified atom stereocenters. The fourth-order valence-corrected chi connectivity index (χ4v) is 4.71. The summed E-state index contributed by atoms with van der Waals surface area (Å²) < 4.78 is 14.9. The Balaban J connectivity index is 1.72. The summed E-state index contributed by atoms with van der Waals surface area (Å²) >= 11 is 7.08. The van der Waals surface area contributed by atoms with Crippen molar-refractivity contribution in [2.45, 2.75) is 46.6 Å². The summed E-state index contributed by atoms with van der Waals surface area (Å²) in [4.78, 5) is 18.2. The number of ether oxygens (including phenoxy) is 2. The van der Waals surface area contributed by atoms with Gasteiger partial charge in [0, 0.05) is 9.89 Å². The number of hydrogen-bond donors (Lipinski definition) is 0. The third kappa shape index (κ3) is 6.30. The zero-order chi connectivity index (χ0) is 26.7. The first kappa shape index (κ1) is 27.1. The van der Waals surface area contributed by atoms with Crippen LogP contribution in [-0.4, -0.2) is 22.5 Å². The van der Waals surface area contributed by atoms with Crippen LogP contribution in [0.3, 0.4) is 0 Å². The van der Waals surface area contributed by atoms with Crippen molar-refractivity contribution in [1.82, 2.24) is 9.66 Å². The van der Waals surface area contributed by atoms with Gasteiger partial charge in [0.2, 0.25) is 0 Å². The number of hydrogen-bond acceptors (Lipinski definition) is 5. The molecule has 0 radical (unpaired) electrons. The van der Waals surface area contributed by atoms with Gasteiger partial charge in [-0.15, -0.1) is 0 Å². The highest BCUT2D eigenvalue weighted by Crippen LogP contribution is 2.37. The van der Waals surface area contributed by atoms with Crippen molar-refractivity contribution in [3.8, 4) is 11.5 Å². The third-order valence-electron chi connectivity index (χ3n) is 5.64. The molecule has 37 heavy (non-hydrogen) atoms. The van der Waals surface area contributed by atoms with Crippen molar-refractivity contribution < 1.29 is 9.47 Å². The molecule has 0 aliphatic heterocycles. The van der Waals surface area contributed by atoms with E-state index in [1.54, 1.807) is 12.3 Å². The molecule has 1 aromatic heterocycles. The molecule has 0 N–H and O–H groups in total. The first-order chi connectivity index (χ1) is 17.6. The number of benzene rings is 3. The lowest BCUT2D eigenvalue weighted by Crippen LogP contribution is -2.29. The number of fused-ring (bicyclic) bond motifs is 1. The molecule has 6 nitrogen and oxygen atoms in total. The Morgan fingerprint density at radius 2 is 1.76 bits per heavy atom. The average molecular weight is 627 g/mol. The third-order valence-corrected chi connectivity index (χ3v) is 6.72. The van der Waals surface area contributed by atoms with Crippen molar-refractivity contribution in [3.05, 3.63) is 96.4 Å². The molecular formula is C29H29Br2N3O3. The number of rotatable bonds is 7. The molecule has 0 aliphatic carbocycles. The molecule has 0 atom stereocenters. The van der Waals surface area contributed by atoms with E-state index >= 15 is 0 Å². The van der Waals surface area contributed by atoms with Crippen LogP contribution < -0.4 is 15.0 Å². The summed E-state index contributed by atoms with van der Waals surface area (Å²) in [6, 6.07) is 17.5. The molecular weight excluding hydrogens is 598 g/mol. The number of nitrogens with zero attached hydrogens (tertiary/aromatic N) is 3. The highest BCUT2D eigenvalue weighted by Gasteiger charge is 2.23. The Hall–Kier alpha value is -2.97. The van der Waals surface area contributed by atoms with Crippen LogP contribution in [0.2, 0.25) is 0 Å². The van der Waals surface area contributed by atoms with Crippen LogP contribution >= 0.6 is 31.9 Å². The maximum absolute atomic E-state index is 13.4. The van der Waals surface area contributed by atoms with Gasteiger partial charge >= 0.3 is 0 Å². The van der Waals surface area contributed by atoms with Crippen molar-refractivity contribution in [1.29, 1.82) is 0 Å². The van der Waals surface area contributed by atoms with E-state index in [1.165, 1.54) is 10.2 Å². The monoisotopic (exact) mass is 625 g/mol. The van der Waals surface area contributed by atoms with Gasteiger partial charge in [0.25, 0.3) is 5.56 Å². The molecule has 192 valence electrons. The zero-order valence-electron chi connectivity index (χ0n) is 21.5. The smallest absolute Gasteiger partial charge is 0.282 e. The van der Waals surface area contributed by atoms with E-state index < -0.39 is 5.41 Å². The van der Waals surface area contributed by atoms with Crippen LogP contribution in [0.25, 0.3) is 10.9 Å². The van der Waals surface area contributed by atoms with E-state index in [4.69, 9.17) is 14.5 Å². The van der Waals surface area contributed by atoms with E-state index in [0.717, 1.165) is 20.1 Å². The SMILES string of the molecule is CCOc1cc(C=Nn2c(C(C)(C)C)nc3ccc(Br)cc3c2=O)cc(Br)c1OCc1ccc(C)cc1. The molecule has 0 bridgehead atoms. The second kappa shape index (κ2) is 11.2. The van der Waals surface area contributed by atoms with E-state index in [0.29, 0.717) is 41.4 Å². The largest absolute Gasteiger partial charge is 0.490 e. The molecule has 0 amide bonds. The molecule has 0 saturated carbocycles. The van der Waals surface area contributed by atoms with Gasteiger partial charge in [-0.1, -0.05) is 66.5 Å². The van der Waals surface area contributed by atoms with Crippen LogP contribution in [0.5, 0.6) is 11.5 Å². The molecule has 1 heterocycles. The van der Waals surface area contributed by atoms with Crippen molar-refractivity contribution in [3.63, 3.8) is 0 Å². The van der Waals surface area contributed by atoms with Crippen molar-refractivity contribution in [2.24, 2.45) is 5.10 Å². The lowest BCUT2D eigenvalue weighted by Gasteiger charge is -2.21. The predicted octanol–water partition coefficient (Wildman–Crippen LogP) is 7.39. The topological polar surface area (TPSA) is 65.7 Å². The lowest BCUT2D eigenvalue weighted by molar-refractivity contribution is 0.267. The van der Waals surface area contributed by atoms with Crippen LogP contribution in [0.15, 0.2) is 73.4 Å². The lowest BCUT2D eigenvalue weighted by atomic mass is 9.95. The number of aryl methyl sites for hydroxylation is 1.